The van der Waals surface area contributed by atoms with E-state index in [9.17, 15) is 71.1 Å². The van der Waals surface area contributed by atoms with Crippen molar-refractivity contribution >= 4 is 127 Å². The van der Waals surface area contributed by atoms with Crippen molar-refractivity contribution in [1.82, 2.24) is 56.2 Å². The van der Waals surface area contributed by atoms with Crippen LogP contribution in [0.3, 0.4) is 0 Å². The number of carbonyl (C=O) groups excluding carboxylic acids is 11. The molecule has 0 spiro atoms. The zero-order chi connectivity index (χ0) is 90.2. The van der Waals surface area contributed by atoms with E-state index < -0.39 is 99.0 Å². The van der Waals surface area contributed by atoms with Crippen molar-refractivity contribution in [3.63, 3.8) is 0 Å². The quantitative estimate of drug-likeness (QED) is 0.0252. The topological polar surface area (TPSA) is 471 Å². The first kappa shape index (κ1) is 104. The van der Waals surface area contributed by atoms with Gasteiger partial charge in [0.05, 0.1) is 16.9 Å². The molecule has 3 saturated heterocycles. The maximum Gasteiger partial charge on any atom is 0.373 e. The van der Waals surface area contributed by atoms with Crippen LogP contribution in [0.2, 0.25) is 0 Å². The number of hydrogen-bond acceptors (Lipinski definition) is 26. The summed E-state index contributed by atoms with van der Waals surface area (Å²) in [6.07, 6.45) is 11.3. The van der Waals surface area contributed by atoms with Gasteiger partial charge < -0.3 is 51.5 Å². The van der Waals surface area contributed by atoms with Crippen molar-refractivity contribution in [2.75, 3.05) is 129 Å². The van der Waals surface area contributed by atoms with Gasteiger partial charge in [-0.2, -0.15) is 9.59 Å². The maximum atomic E-state index is 13.3. The Kier molecular flexibility index (Phi) is 48.5. The molecule has 4 heterocycles. The van der Waals surface area contributed by atoms with Gasteiger partial charge >= 0.3 is 221 Å². The van der Waals surface area contributed by atoms with Gasteiger partial charge in [0.15, 0.2) is 5.78 Å². The van der Waals surface area contributed by atoms with Crippen LogP contribution >= 0.6 is 0 Å². The summed E-state index contributed by atoms with van der Waals surface area (Å²) in [5.74, 6) is -5.48. The Labute approximate surface area is 731 Å². The van der Waals surface area contributed by atoms with E-state index in [1.54, 1.807) is 19.1 Å². The van der Waals surface area contributed by atoms with Crippen molar-refractivity contribution in [2.45, 2.75) is 220 Å². The SMILES string of the molecule is CCC(=O)NC(CCCCNC(=O)CN1CCN2CCN3CCN(CC1)CC(=O)[O][111In]([O]C(=O)C2)[O]C(=O)C3)C(=O)CCCCCC(CC(=O)CCCCCCC(=O)NCCCCCNC(=O)N[C@@H](CCC(=O)O)C(=O)O)C(=O)O.CCCCCNS(=O)(=O)c1ccc(C2=c3cc/c(=C(/C)NCC)cc3Oc3cc(N(CC)CC)ccc32)c(C)c1.O=C=O. The van der Waals surface area contributed by atoms with Gasteiger partial charge in [-0.15, -0.1) is 0 Å². The third-order valence-corrected chi connectivity index (χ3v) is 26.9. The molecule has 5 atom stereocenters. The number of aliphatic carboxylic acids is 3. The largest absolute Gasteiger partial charge is 0.481 e. The number of rotatable bonds is 49. The summed E-state index contributed by atoms with van der Waals surface area (Å²) >= 11 is -4.25. The number of Topliss-reactive ketones (excluding diaryl/α,β-unsaturated/α-hetero) is 2. The number of anilines is 1. The van der Waals surface area contributed by atoms with E-state index in [0.29, 0.717) is 160 Å². The van der Waals surface area contributed by atoms with Gasteiger partial charge in [0, 0.05) is 112 Å². The number of nitrogens with zero attached hydrogens (tertiary/aromatic N) is 5. The molecule has 4 aliphatic rings. The summed E-state index contributed by atoms with van der Waals surface area (Å²) in [7, 11) is -3.57. The van der Waals surface area contributed by atoms with Crippen LogP contribution in [0.1, 0.15) is 212 Å². The number of aryl methyl sites for hydroxylation is 1. The van der Waals surface area contributed by atoms with Gasteiger partial charge in [-0.25, -0.2) is 22.7 Å². The van der Waals surface area contributed by atoms with E-state index in [2.05, 4.69) is 113 Å². The van der Waals surface area contributed by atoms with E-state index in [1.807, 2.05) is 32.6 Å². The average Bonchev–Trinajstić information content (AvgIpc) is 0.800. The van der Waals surface area contributed by atoms with Crippen LogP contribution in [0.5, 0.6) is 11.5 Å². The number of amides is 5. The predicted molar refractivity (Wildman–Crippen MR) is 458 cm³/mol. The van der Waals surface area contributed by atoms with Gasteiger partial charge in [-0.05, 0) is 158 Å². The Morgan fingerprint density at radius 1 is 0.545 bits per heavy atom. The van der Waals surface area contributed by atoms with E-state index in [-0.39, 0.29) is 107 Å². The fraction of sp³-hybridized carbons (Fsp3) is 0.616. The number of unbranched alkanes of at least 4 members (excludes halogenated alkanes) is 10. The molecule has 0 aliphatic carbocycles. The Balaban J connectivity index is 0.000000517. The normalized spacial score (nSPS) is 16.8. The van der Waals surface area contributed by atoms with Crippen molar-refractivity contribution in [3.8, 4) is 11.5 Å². The number of urea groups is 1. The van der Waals surface area contributed by atoms with Crippen LogP contribution in [0.4, 0.5) is 10.5 Å². The first-order valence-corrected chi connectivity index (χ1v) is 48.8. The van der Waals surface area contributed by atoms with Crippen molar-refractivity contribution in [3.05, 3.63) is 81.7 Å². The standard InChI is InChI=1S/C52H89N9O18.C33H43N3O3S.CO2.In/c1-2-43(64)56-40(17-11-14-23-54-45(66)34-58-25-27-59(35-47(69)70)29-31-61(37-49(73)74)32-30-60(28-26-58)36-48(71)72)42(63)18-9-5-7-15-38(50(75)76)33-39(62)16-8-3-4-10-19-44(65)53-22-12-6-13-24-55-52(79)57-41(51(77)78)20-21-46(67)68;1-7-11-12-19-35-40(37,38)27-15-18-28(23(5)20-27)33-29-16-13-25(24(6)34-8-2)21-31(29)39-32-22-26(14-17-30(32)33)36(9-3)10-4;2-1-3;/h38,40-41H,2-37H2,1H3,(H,53,65)(H,54,66)(H,56,64)(H,67,68)(H,69,70)(H,71,72)(H,73,74)(H,75,76)(H,77,78)(H2,55,57,79);13-18,20-22,34-35H,7-12,19H2,1-6H3;;/q;;;+3/p-3/b;25-24+;;/t38?,40?,41-;;;/m0.../s1/i;;;1-4. The summed E-state index contributed by atoms with van der Waals surface area (Å²) < 4.78 is 51.5. The molecule has 3 aromatic carbocycles. The molecule has 4 aliphatic heterocycles. The van der Waals surface area contributed by atoms with E-state index in [1.165, 1.54) is 0 Å². The zero-order valence-corrected chi connectivity index (χ0v) is 76.7. The molecule has 0 aromatic heterocycles. The van der Waals surface area contributed by atoms with Gasteiger partial charge in [-0.3, -0.25) is 28.8 Å². The monoisotopic (exact) mass is 1840 g/mol. The number of ketones is 2. The van der Waals surface area contributed by atoms with Crippen molar-refractivity contribution in [2.24, 2.45) is 5.92 Å². The maximum absolute atomic E-state index is 13.3. The van der Waals surface area contributed by atoms with Gasteiger partial charge in [0.25, 0.3) is 0 Å². The van der Waals surface area contributed by atoms with Crippen LogP contribution in [-0.4, -0.2) is 280 Å². The number of ether oxygens (including phenoxy) is 1. The van der Waals surface area contributed by atoms with E-state index in [4.69, 9.17) is 33.1 Å². The fourth-order valence-corrected chi connectivity index (χ4v) is 18.6. The average molecular weight is 1840 g/mol. The fourth-order valence-electron chi connectivity index (χ4n) is 14.5. The summed E-state index contributed by atoms with van der Waals surface area (Å²) in [6.45, 7) is 21.9. The van der Waals surface area contributed by atoms with Gasteiger partial charge in [0.1, 0.15) is 23.3 Å². The molecular weight excluding hydrogens is 1710 g/mol. The van der Waals surface area contributed by atoms with Crippen LogP contribution in [0, 0.1) is 12.8 Å². The van der Waals surface area contributed by atoms with Crippen LogP contribution in [0.25, 0.3) is 11.3 Å². The smallest absolute Gasteiger partial charge is 0.373 e. The Hall–Kier alpha value is -9.36. The third kappa shape index (κ3) is 39.2. The number of hydrogen-bond donors (Lipinski definition) is 10. The Morgan fingerprint density at radius 3 is 1.67 bits per heavy atom. The number of fused-ring (bicyclic) bond motifs is 9. The Morgan fingerprint density at radius 2 is 1.10 bits per heavy atom. The second-order valence-corrected chi connectivity index (χ2v) is 36.4. The molecule has 680 valence electrons. The number of nitrogens with one attached hydrogen (secondary N) is 7. The molecule has 4 bridgehead atoms. The molecule has 4 unspecified atom stereocenters. The first-order valence-electron chi connectivity index (χ1n) is 43.3. The molecule has 3 aromatic rings. The summed E-state index contributed by atoms with van der Waals surface area (Å²) in [5.41, 5.74) is 6.15. The number of sulfonamides is 1. The minimum Gasteiger partial charge on any atom is -0.481 e. The predicted octanol–water partition coefficient (Wildman–Crippen LogP) is 5.27. The van der Waals surface area contributed by atoms with Gasteiger partial charge in [-0.1, -0.05) is 64.5 Å². The minimum absolute atomic E-state index is 0.0165. The number of carboxylic acids is 3. The second kappa shape index (κ2) is 57.2. The number of carboxylic acid groups (broad SMARTS) is 3. The molecule has 5 amide bonds. The van der Waals surface area contributed by atoms with E-state index >= 15 is 0 Å². The Bertz CT molecular complexity index is 4240. The molecule has 37 heteroatoms. The first-order chi connectivity index (χ1) is 58.9. The molecule has 35 nitrogen and oxygen atoms in total. The molecular formula is C86H129InN12O23S. The molecule has 7 rings (SSSR count). The summed E-state index contributed by atoms with van der Waals surface area (Å²) in [6, 6.07) is 15.4. The minimum atomic E-state index is -4.25. The summed E-state index contributed by atoms with van der Waals surface area (Å²) in [5, 5.41) is 46.6. The molecule has 123 heavy (non-hydrogen) atoms. The molecule has 0 saturated carbocycles. The van der Waals surface area contributed by atoms with Crippen molar-refractivity contribution < 1.29 is 104 Å². The molecule has 0 radical (unpaired) electrons. The third-order valence-electron chi connectivity index (χ3n) is 21.5. The number of benzene rings is 3. The molecule has 3 fully saturated rings. The second-order valence-electron chi connectivity index (χ2n) is 30.9. The summed E-state index contributed by atoms with van der Waals surface area (Å²) in [4.78, 5) is 175. The van der Waals surface area contributed by atoms with Crippen LogP contribution in [-0.2, 0) is 80.9 Å². The molecule has 10 N–H and O–H groups in total. The van der Waals surface area contributed by atoms with Gasteiger partial charge in [0.2, 0.25) is 21.8 Å². The van der Waals surface area contributed by atoms with E-state index in [0.717, 1.165) is 101 Å². The zero-order valence-electron chi connectivity index (χ0n) is 72.6. The van der Waals surface area contributed by atoms with Crippen molar-refractivity contribution in [1.29, 1.82) is 0 Å². The number of carbonyl (C=O) groups is 12. The van der Waals surface area contributed by atoms with Crippen LogP contribution in [0.15, 0.2) is 59.5 Å². The van der Waals surface area contributed by atoms with Crippen LogP contribution < -0.4 is 56.7 Å².